The summed E-state index contributed by atoms with van der Waals surface area (Å²) in [6, 6.07) is 24.3. The van der Waals surface area contributed by atoms with Crippen LogP contribution < -0.4 is 5.32 Å². The second-order valence-corrected chi connectivity index (χ2v) is 8.80. The topological polar surface area (TPSA) is 12.0 Å². The molecular formula is C28H27N. The summed E-state index contributed by atoms with van der Waals surface area (Å²) in [6.07, 6.45) is 8.91. The molecular weight excluding hydrogens is 350 g/mol. The number of fused-ring (bicyclic) bond motifs is 3. The number of benzene rings is 3. The molecule has 0 spiro atoms. The number of nitrogens with one attached hydrogen (secondary N) is 1. The molecule has 0 heterocycles. The molecule has 0 saturated carbocycles. The zero-order chi connectivity index (χ0) is 20.0. The molecule has 1 N–H and O–H groups in total. The molecule has 2 aliphatic rings. The Bertz CT molecular complexity index is 1130. The SMILES string of the molecule is CC1C=CC=CC1c1ccccc1Nc1ccc2c(c1)C(C)(C)c1ccccc1-2. The maximum Gasteiger partial charge on any atom is 0.0423 e. The number of rotatable bonds is 3. The smallest absolute Gasteiger partial charge is 0.0423 e. The van der Waals surface area contributed by atoms with Crippen molar-refractivity contribution in [2.75, 3.05) is 5.32 Å². The molecule has 1 heteroatoms. The van der Waals surface area contributed by atoms with E-state index in [1.165, 1.54) is 33.5 Å². The molecule has 2 aliphatic carbocycles. The summed E-state index contributed by atoms with van der Waals surface area (Å²) in [4.78, 5) is 0. The van der Waals surface area contributed by atoms with Crippen LogP contribution in [0.25, 0.3) is 11.1 Å². The molecule has 0 aromatic heterocycles. The standard InChI is InChI=1S/C28H27N/c1-19-10-4-5-11-21(19)24-13-7-9-15-27(24)29-20-16-17-23-22-12-6-8-14-25(22)28(2,3)26(23)18-20/h4-19,21,29H,1-3H3. The van der Waals surface area contributed by atoms with Crippen LogP contribution in [-0.4, -0.2) is 0 Å². The van der Waals surface area contributed by atoms with Crippen LogP contribution in [0.4, 0.5) is 11.4 Å². The van der Waals surface area contributed by atoms with E-state index >= 15 is 0 Å². The predicted molar refractivity (Wildman–Crippen MR) is 124 cm³/mol. The Labute approximate surface area is 173 Å². The van der Waals surface area contributed by atoms with E-state index in [1.807, 2.05) is 0 Å². The molecule has 5 rings (SSSR count). The summed E-state index contributed by atoms with van der Waals surface area (Å²) in [6.45, 7) is 6.95. The van der Waals surface area contributed by atoms with Gasteiger partial charge < -0.3 is 5.32 Å². The Morgan fingerprint density at radius 2 is 1.48 bits per heavy atom. The fourth-order valence-corrected chi connectivity index (χ4v) is 4.94. The lowest BCUT2D eigenvalue weighted by atomic mass is 9.82. The van der Waals surface area contributed by atoms with Crippen molar-refractivity contribution in [3.63, 3.8) is 0 Å². The highest BCUT2D eigenvalue weighted by Gasteiger charge is 2.35. The fraction of sp³-hybridized carbons (Fsp3) is 0.214. The molecule has 0 amide bonds. The van der Waals surface area contributed by atoms with Gasteiger partial charge in [0, 0.05) is 22.7 Å². The summed E-state index contributed by atoms with van der Waals surface area (Å²) in [7, 11) is 0. The van der Waals surface area contributed by atoms with Gasteiger partial charge >= 0.3 is 0 Å². The van der Waals surface area contributed by atoms with E-state index in [0.29, 0.717) is 11.8 Å². The normalized spacial score (nSPS) is 20.9. The predicted octanol–water partition coefficient (Wildman–Crippen LogP) is 7.58. The number of para-hydroxylation sites is 1. The number of hydrogen-bond acceptors (Lipinski definition) is 1. The minimum Gasteiger partial charge on any atom is -0.355 e. The van der Waals surface area contributed by atoms with Crippen LogP contribution in [0, 0.1) is 5.92 Å². The molecule has 0 aliphatic heterocycles. The third-order valence-corrected chi connectivity index (χ3v) is 6.59. The minimum atomic E-state index is 0.0224. The summed E-state index contributed by atoms with van der Waals surface area (Å²) in [5.41, 5.74) is 9.26. The first-order valence-electron chi connectivity index (χ1n) is 10.5. The van der Waals surface area contributed by atoms with Crippen molar-refractivity contribution >= 4 is 11.4 Å². The molecule has 144 valence electrons. The summed E-state index contributed by atoms with van der Waals surface area (Å²) in [5, 5.41) is 3.73. The zero-order valence-electron chi connectivity index (χ0n) is 17.3. The van der Waals surface area contributed by atoms with Crippen LogP contribution in [0.1, 0.15) is 43.4 Å². The van der Waals surface area contributed by atoms with Gasteiger partial charge in [-0.15, -0.1) is 0 Å². The Balaban J connectivity index is 1.52. The third kappa shape index (κ3) is 2.93. The van der Waals surface area contributed by atoms with E-state index in [-0.39, 0.29) is 5.41 Å². The maximum absolute atomic E-state index is 3.73. The first-order valence-corrected chi connectivity index (χ1v) is 10.5. The minimum absolute atomic E-state index is 0.0224. The second-order valence-electron chi connectivity index (χ2n) is 8.80. The fourth-order valence-electron chi connectivity index (χ4n) is 4.94. The lowest BCUT2D eigenvalue weighted by Gasteiger charge is -2.25. The van der Waals surface area contributed by atoms with Gasteiger partial charge in [-0.3, -0.25) is 0 Å². The van der Waals surface area contributed by atoms with Gasteiger partial charge in [0.25, 0.3) is 0 Å². The average molecular weight is 378 g/mol. The van der Waals surface area contributed by atoms with Crippen molar-refractivity contribution in [1.29, 1.82) is 0 Å². The van der Waals surface area contributed by atoms with Crippen LogP contribution >= 0.6 is 0 Å². The monoisotopic (exact) mass is 377 g/mol. The molecule has 2 atom stereocenters. The van der Waals surface area contributed by atoms with E-state index in [1.54, 1.807) is 0 Å². The number of anilines is 2. The van der Waals surface area contributed by atoms with Crippen LogP contribution in [0.3, 0.4) is 0 Å². The largest absolute Gasteiger partial charge is 0.355 e. The van der Waals surface area contributed by atoms with Gasteiger partial charge in [0.05, 0.1) is 0 Å². The molecule has 1 nitrogen and oxygen atoms in total. The Morgan fingerprint density at radius 1 is 0.759 bits per heavy atom. The quantitative estimate of drug-likeness (QED) is 0.496. The van der Waals surface area contributed by atoms with Gasteiger partial charge in [-0.25, -0.2) is 0 Å². The zero-order valence-corrected chi connectivity index (χ0v) is 17.3. The van der Waals surface area contributed by atoms with E-state index in [9.17, 15) is 0 Å². The molecule has 3 aromatic carbocycles. The maximum atomic E-state index is 3.73. The molecule has 0 radical (unpaired) electrons. The van der Waals surface area contributed by atoms with Crippen LogP contribution in [-0.2, 0) is 5.41 Å². The number of allylic oxidation sites excluding steroid dienone is 4. The van der Waals surface area contributed by atoms with Gasteiger partial charge in [-0.2, -0.15) is 0 Å². The van der Waals surface area contributed by atoms with Crippen molar-refractivity contribution in [3.05, 3.63) is 108 Å². The molecule has 0 fully saturated rings. The highest BCUT2D eigenvalue weighted by Crippen LogP contribution is 2.49. The summed E-state index contributed by atoms with van der Waals surface area (Å²) >= 11 is 0. The molecule has 0 bridgehead atoms. The van der Waals surface area contributed by atoms with Gasteiger partial charge in [-0.05, 0) is 51.9 Å². The Kier molecular flexibility index (Phi) is 4.20. The van der Waals surface area contributed by atoms with Crippen LogP contribution in [0.15, 0.2) is 91.0 Å². The van der Waals surface area contributed by atoms with Gasteiger partial charge in [0.2, 0.25) is 0 Å². The van der Waals surface area contributed by atoms with E-state index in [0.717, 1.165) is 5.69 Å². The van der Waals surface area contributed by atoms with Crippen LogP contribution in [0.5, 0.6) is 0 Å². The van der Waals surface area contributed by atoms with Crippen molar-refractivity contribution in [2.24, 2.45) is 5.92 Å². The summed E-state index contributed by atoms with van der Waals surface area (Å²) < 4.78 is 0. The van der Waals surface area contributed by atoms with Crippen LogP contribution in [0.2, 0.25) is 0 Å². The summed E-state index contributed by atoms with van der Waals surface area (Å²) in [5.74, 6) is 0.898. The van der Waals surface area contributed by atoms with E-state index < -0.39 is 0 Å². The lowest BCUT2D eigenvalue weighted by molar-refractivity contribution is 0.636. The van der Waals surface area contributed by atoms with Crippen molar-refractivity contribution < 1.29 is 0 Å². The highest BCUT2D eigenvalue weighted by molar-refractivity contribution is 5.83. The molecule has 0 saturated heterocycles. The molecule has 3 aromatic rings. The Morgan fingerprint density at radius 3 is 2.34 bits per heavy atom. The van der Waals surface area contributed by atoms with Gasteiger partial charge in [-0.1, -0.05) is 93.6 Å². The number of hydrogen-bond donors (Lipinski definition) is 1. The second kappa shape index (κ2) is 6.77. The lowest BCUT2D eigenvalue weighted by Crippen LogP contribution is -2.15. The first-order chi connectivity index (χ1) is 14.1. The third-order valence-electron chi connectivity index (χ3n) is 6.59. The highest BCUT2D eigenvalue weighted by atomic mass is 14.9. The molecule has 2 unspecified atom stereocenters. The van der Waals surface area contributed by atoms with Crippen molar-refractivity contribution in [2.45, 2.75) is 32.1 Å². The first kappa shape index (κ1) is 18.0. The van der Waals surface area contributed by atoms with Gasteiger partial charge in [0.1, 0.15) is 0 Å². The Hall–Kier alpha value is -3.06. The van der Waals surface area contributed by atoms with Gasteiger partial charge in [0.15, 0.2) is 0 Å². The van der Waals surface area contributed by atoms with Crippen molar-refractivity contribution in [1.82, 2.24) is 0 Å². The van der Waals surface area contributed by atoms with Crippen molar-refractivity contribution in [3.8, 4) is 11.1 Å². The van der Waals surface area contributed by atoms with E-state index in [4.69, 9.17) is 0 Å². The van der Waals surface area contributed by atoms with E-state index in [2.05, 4.69) is 117 Å². The average Bonchev–Trinajstić information content (AvgIpc) is 2.96. The molecule has 29 heavy (non-hydrogen) atoms.